The molecule has 1 atom stereocenters. The lowest BCUT2D eigenvalue weighted by molar-refractivity contribution is 0.128. The van der Waals surface area contributed by atoms with E-state index in [1.165, 1.54) is 5.56 Å². The molecule has 2 amide bonds. The van der Waals surface area contributed by atoms with Gasteiger partial charge < -0.3 is 20.3 Å². The molecule has 0 radical (unpaired) electrons. The maximum atomic E-state index is 11.9. The first-order valence-corrected chi connectivity index (χ1v) is 6.95. The van der Waals surface area contributed by atoms with Gasteiger partial charge in [-0.15, -0.1) is 0 Å². The van der Waals surface area contributed by atoms with E-state index in [4.69, 9.17) is 4.74 Å². The molecule has 0 bridgehead atoms. The Bertz CT molecular complexity index is 406. The van der Waals surface area contributed by atoms with Crippen molar-refractivity contribution in [3.05, 3.63) is 29.8 Å². The number of likely N-dealkylation sites (N-methyl/N-ethyl adjacent to an activating group) is 1. The lowest BCUT2D eigenvalue weighted by Gasteiger charge is -2.18. The number of hydrogen-bond donors (Lipinski definition) is 2. The predicted octanol–water partition coefficient (Wildman–Crippen LogP) is 2.47. The Labute approximate surface area is 121 Å². The number of rotatable bonds is 7. The summed E-state index contributed by atoms with van der Waals surface area (Å²) in [6, 6.07) is 8.02. The number of urea groups is 1. The monoisotopic (exact) mass is 279 g/mol. The van der Waals surface area contributed by atoms with E-state index in [1.807, 2.05) is 38.2 Å². The quantitative estimate of drug-likeness (QED) is 0.754. The molecule has 0 heterocycles. The fraction of sp³-hybridized carbons (Fsp3) is 0.533. The summed E-state index contributed by atoms with van der Waals surface area (Å²) in [6.07, 6.45) is 0. The molecule has 1 aromatic rings. The zero-order chi connectivity index (χ0) is 15.0. The van der Waals surface area contributed by atoms with Crippen LogP contribution in [-0.2, 0) is 4.74 Å². The van der Waals surface area contributed by atoms with E-state index >= 15 is 0 Å². The summed E-state index contributed by atoms with van der Waals surface area (Å²) in [6.45, 7) is 5.83. The second-order valence-corrected chi connectivity index (χ2v) is 4.68. The highest BCUT2D eigenvalue weighted by Gasteiger charge is 2.09. The highest BCUT2D eigenvalue weighted by molar-refractivity contribution is 5.89. The minimum Gasteiger partial charge on any atom is -0.380 e. The molecule has 0 aliphatic heterocycles. The van der Waals surface area contributed by atoms with Gasteiger partial charge in [-0.25, -0.2) is 4.79 Å². The number of carbonyl (C=O) groups excluding carboxylic acids is 1. The zero-order valence-electron chi connectivity index (χ0n) is 12.8. The van der Waals surface area contributed by atoms with Crippen molar-refractivity contribution < 1.29 is 9.53 Å². The van der Waals surface area contributed by atoms with Crippen molar-refractivity contribution in [3.63, 3.8) is 0 Å². The molecular formula is C15H25N3O2. The zero-order valence-corrected chi connectivity index (χ0v) is 12.8. The Hall–Kier alpha value is -1.59. The van der Waals surface area contributed by atoms with Crippen molar-refractivity contribution in [2.75, 3.05) is 39.2 Å². The van der Waals surface area contributed by atoms with Gasteiger partial charge in [-0.05, 0) is 38.6 Å². The van der Waals surface area contributed by atoms with E-state index in [0.717, 1.165) is 5.69 Å². The lowest BCUT2D eigenvalue weighted by Crippen LogP contribution is -2.34. The maximum absolute atomic E-state index is 11.9. The van der Waals surface area contributed by atoms with E-state index in [0.29, 0.717) is 25.8 Å². The fourth-order valence-electron chi connectivity index (χ4n) is 1.69. The molecule has 5 nitrogen and oxygen atoms in total. The number of nitrogens with one attached hydrogen (secondary N) is 2. The van der Waals surface area contributed by atoms with Crippen LogP contribution in [0.15, 0.2) is 24.3 Å². The molecule has 1 rings (SSSR count). The minimum atomic E-state index is -0.126. The first kappa shape index (κ1) is 16.5. The number of ether oxygens (including phenoxy) is 1. The molecule has 0 aromatic heterocycles. The fourth-order valence-corrected chi connectivity index (χ4v) is 1.69. The van der Waals surface area contributed by atoms with Crippen LogP contribution in [-0.4, -0.2) is 44.8 Å². The molecule has 0 saturated heterocycles. The first-order valence-electron chi connectivity index (χ1n) is 6.95. The minimum absolute atomic E-state index is 0.126. The summed E-state index contributed by atoms with van der Waals surface area (Å²) in [4.78, 5) is 13.5. The van der Waals surface area contributed by atoms with Crippen molar-refractivity contribution >= 4 is 11.7 Å². The van der Waals surface area contributed by atoms with Crippen LogP contribution in [0.1, 0.15) is 25.5 Å². The van der Waals surface area contributed by atoms with E-state index in [1.54, 1.807) is 11.9 Å². The second-order valence-electron chi connectivity index (χ2n) is 4.68. The molecule has 0 aliphatic rings. The van der Waals surface area contributed by atoms with Gasteiger partial charge in [0, 0.05) is 31.9 Å². The molecule has 0 spiro atoms. The van der Waals surface area contributed by atoms with Crippen LogP contribution in [0.25, 0.3) is 0 Å². The third kappa shape index (κ3) is 5.19. The topological polar surface area (TPSA) is 53.6 Å². The van der Waals surface area contributed by atoms with E-state index < -0.39 is 0 Å². The molecular weight excluding hydrogens is 254 g/mol. The maximum Gasteiger partial charge on any atom is 0.321 e. The predicted molar refractivity (Wildman–Crippen MR) is 82.1 cm³/mol. The average molecular weight is 279 g/mol. The normalized spacial score (nSPS) is 12.0. The Kier molecular flexibility index (Phi) is 7.04. The molecule has 0 fully saturated rings. The van der Waals surface area contributed by atoms with Crippen LogP contribution in [0.2, 0.25) is 0 Å². The number of hydrogen-bond acceptors (Lipinski definition) is 3. The van der Waals surface area contributed by atoms with Gasteiger partial charge >= 0.3 is 6.03 Å². The van der Waals surface area contributed by atoms with Gasteiger partial charge in [-0.1, -0.05) is 12.1 Å². The van der Waals surface area contributed by atoms with Gasteiger partial charge in [-0.2, -0.15) is 0 Å². The Balaban J connectivity index is 2.49. The molecule has 0 aliphatic carbocycles. The molecule has 1 aromatic carbocycles. The summed E-state index contributed by atoms with van der Waals surface area (Å²) in [5.41, 5.74) is 1.99. The molecule has 2 N–H and O–H groups in total. The lowest BCUT2D eigenvalue weighted by atomic mass is 10.1. The second kappa shape index (κ2) is 8.55. The summed E-state index contributed by atoms with van der Waals surface area (Å²) in [7, 11) is 3.68. The van der Waals surface area contributed by atoms with Crippen LogP contribution in [0, 0.1) is 0 Å². The Morgan fingerprint density at radius 1 is 1.35 bits per heavy atom. The van der Waals surface area contributed by atoms with Gasteiger partial charge in [0.15, 0.2) is 0 Å². The SMILES string of the molecule is CCOCCN(C)C(=O)Nc1ccc(C(C)NC)cc1. The Morgan fingerprint density at radius 3 is 2.55 bits per heavy atom. The van der Waals surface area contributed by atoms with E-state index in [-0.39, 0.29) is 6.03 Å². The third-order valence-corrected chi connectivity index (χ3v) is 3.22. The number of anilines is 1. The van der Waals surface area contributed by atoms with E-state index in [9.17, 15) is 4.79 Å². The number of amides is 2. The number of nitrogens with zero attached hydrogens (tertiary/aromatic N) is 1. The van der Waals surface area contributed by atoms with Crippen molar-refractivity contribution in [2.24, 2.45) is 0 Å². The number of benzene rings is 1. The molecule has 5 heteroatoms. The Morgan fingerprint density at radius 2 is 2.00 bits per heavy atom. The largest absolute Gasteiger partial charge is 0.380 e. The first-order chi connectivity index (χ1) is 9.58. The smallest absolute Gasteiger partial charge is 0.321 e. The van der Waals surface area contributed by atoms with E-state index in [2.05, 4.69) is 17.6 Å². The van der Waals surface area contributed by atoms with Crippen LogP contribution >= 0.6 is 0 Å². The van der Waals surface area contributed by atoms with Crippen LogP contribution in [0.3, 0.4) is 0 Å². The van der Waals surface area contributed by atoms with Gasteiger partial charge in [-0.3, -0.25) is 0 Å². The molecule has 112 valence electrons. The molecule has 20 heavy (non-hydrogen) atoms. The average Bonchev–Trinajstić information content (AvgIpc) is 2.47. The molecule has 1 unspecified atom stereocenters. The van der Waals surface area contributed by atoms with Crippen molar-refractivity contribution in [2.45, 2.75) is 19.9 Å². The summed E-state index contributed by atoms with van der Waals surface area (Å²) in [5.74, 6) is 0. The van der Waals surface area contributed by atoms with Gasteiger partial charge in [0.2, 0.25) is 0 Å². The number of carbonyl (C=O) groups is 1. The van der Waals surface area contributed by atoms with Gasteiger partial charge in [0.25, 0.3) is 0 Å². The standard InChI is InChI=1S/C15H25N3O2/c1-5-20-11-10-18(4)15(19)17-14-8-6-13(7-9-14)12(2)16-3/h6-9,12,16H,5,10-11H2,1-4H3,(H,17,19). The van der Waals surface area contributed by atoms with Crippen LogP contribution in [0.5, 0.6) is 0 Å². The van der Waals surface area contributed by atoms with Crippen molar-refractivity contribution in [1.29, 1.82) is 0 Å². The van der Waals surface area contributed by atoms with Crippen molar-refractivity contribution in [1.82, 2.24) is 10.2 Å². The van der Waals surface area contributed by atoms with Crippen LogP contribution < -0.4 is 10.6 Å². The van der Waals surface area contributed by atoms with Crippen molar-refractivity contribution in [3.8, 4) is 0 Å². The summed E-state index contributed by atoms with van der Waals surface area (Å²) in [5, 5.41) is 6.04. The van der Waals surface area contributed by atoms with Gasteiger partial charge in [0.05, 0.1) is 6.61 Å². The van der Waals surface area contributed by atoms with Crippen LogP contribution in [0.4, 0.5) is 10.5 Å². The summed E-state index contributed by atoms with van der Waals surface area (Å²) < 4.78 is 5.23. The molecule has 0 saturated carbocycles. The third-order valence-electron chi connectivity index (χ3n) is 3.22. The summed E-state index contributed by atoms with van der Waals surface area (Å²) >= 11 is 0. The highest BCUT2D eigenvalue weighted by Crippen LogP contribution is 2.15. The van der Waals surface area contributed by atoms with Gasteiger partial charge in [0.1, 0.15) is 0 Å². The highest BCUT2D eigenvalue weighted by atomic mass is 16.5.